The predicted octanol–water partition coefficient (Wildman–Crippen LogP) is 2.65. The minimum Gasteiger partial charge on any atom is -0.496 e. The summed E-state index contributed by atoms with van der Waals surface area (Å²) in [5.41, 5.74) is 0.728. The molecule has 1 saturated heterocycles. The maximum atomic E-state index is 13.8. The van der Waals surface area contributed by atoms with E-state index in [0.29, 0.717) is 43.2 Å². The van der Waals surface area contributed by atoms with E-state index < -0.39 is 18.2 Å². The van der Waals surface area contributed by atoms with Gasteiger partial charge >= 0.3 is 0 Å². The molecule has 0 saturated carbocycles. The molecular weight excluding hydrogens is 472 g/mol. The molecule has 0 radical (unpaired) electrons. The molecule has 1 fully saturated rings. The third-order valence-electron chi connectivity index (χ3n) is 7.27. The summed E-state index contributed by atoms with van der Waals surface area (Å²) in [5, 5.41) is 5.75. The molecule has 37 heavy (non-hydrogen) atoms. The average Bonchev–Trinajstić information content (AvgIpc) is 3.27. The number of likely N-dealkylation sites (N-methyl/N-ethyl adjacent to an activating group) is 1. The van der Waals surface area contributed by atoms with Gasteiger partial charge in [-0.15, -0.1) is 0 Å². The highest BCUT2D eigenvalue weighted by Gasteiger charge is 2.46. The van der Waals surface area contributed by atoms with E-state index in [1.165, 1.54) is 0 Å². The van der Waals surface area contributed by atoms with Crippen molar-refractivity contribution < 1.29 is 23.9 Å². The molecule has 0 aromatic heterocycles. The Hall–Kier alpha value is -3.07. The molecule has 2 heterocycles. The topological polar surface area (TPSA) is 100 Å². The summed E-state index contributed by atoms with van der Waals surface area (Å²) < 4.78 is 11.8. The van der Waals surface area contributed by atoms with Gasteiger partial charge < -0.3 is 25.0 Å². The van der Waals surface area contributed by atoms with Gasteiger partial charge in [0.2, 0.25) is 17.7 Å². The second kappa shape index (κ2) is 12.4. The Morgan fingerprint density at radius 2 is 1.95 bits per heavy atom. The van der Waals surface area contributed by atoms with Gasteiger partial charge in [-0.2, -0.15) is 0 Å². The van der Waals surface area contributed by atoms with Gasteiger partial charge in [0.05, 0.1) is 13.2 Å². The van der Waals surface area contributed by atoms with Crippen LogP contribution in [0.2, 0.25) is 0 Å². The zero-order valence-corrected chi connectivity index (χ0v) is 23.1. The van der Waals surface area contributed by atoms with Gasteiger partial charge in [0.1, 0.15) is 29.7 Å². The van der Waals surface area contributed by atoms with E-state index in [9.17, 15) is 14.4 Å². The minimum atomic E-state index is -0.860. The van der Waals surface area contributed by atoms with Crippen LogP contribution in [0.15, 0.2) is 24.4 Å². The Bertz CT molecular complexity index is 1010. The number of hydrogen-bond acceptors (Lipinski definition) is 6. The minimum absolute atomic E-state index is 0.101. The number of benzene rings is 1. The zero-order chi connectivity index (χ0) is 27.3. The van der Waals surface area contributed by atoms with Gasteiger partial charge in [-0.05, 0) is 56.6 Å². The van der Waals surface area contributed by atoms with Gasteiger partial charge in [-0.1, -0.05) is 34.1 Å². The molecule has 9 nitrogen and oxygen atoms in total. The fraction of sp³-hybridized carbons (Fsp3) is 0.607. The van der Waals surface area contributed by atoms with Crippen LogP contribution in [0.4, 0.5) is 0 Å². The summed E-state index contributed by atoms with van der Waals surface area (Å²) in [5.74, 6) is 0.594. The number of carbonyl (C=O) groups is 3. The summed E-state index contributed by atoms with van der Waals surface area (Å²) >= 11 is 0. The van der Waals surface area contributed by atoms with Crippen molar-refractivity contribution in [1.29, 1.82) is 0 Å². The number of ether oxygens (including phenoxy) is 2. The highest BCUT2D eigenvalue weighted by atomic mass is 16.5. The number of nitrogens with zero attached hydrogens (tertiary/aromatic N) is 2. The predicted molar refractivity (Wildman–Crippen MR) is 143 cm³/mol. The number of hydrogen-bond donors (Lipinski definition) is 2. The Balaban J connectivity index is 2.04. The fourth-order valence-corrected chi connectivity index (χ4v) is 4.95. The summed E-state index contributed by atoms with van der Waals surface area (Å²) in [6, 6.07) is 3.41. The molecule has 2 aliphatic heterocycles. The van der Waals surface area contributed by atoms with E-state index in [2.05, 4.69) is 24.5 Å². The molecule has 1 aromatic rings. The van der Waals surface area contributed by atoms with Gasteiger partial charge in [-0.25, -0.2) is 0 Å². The molecule has 0 unspecified atom stereocenters. The number of methoxy groups -OCH3 is 1. The number of carbonyl (C=O) groups excluding carboxylic acids is 3. The first kappa shape index (κ1) is 28.5. The average molecular weight is 515 g/mol. The second-order valence-electron chi connectivity index (χ2n) is 10.6. The van der Waals surface area contributed by atoms with Crippen molar-refractivity contribution in [1.82, 2.24) is 20.4 Å². The smallest absolute Gasteiger partial charge is 0.247 e. The number of rotatable bonds is 7. The maximum absolute atomic E-state index is 13.8. The first-order valence-electron chi connectivity index (χ1n) is 13.2. The maximum Gasteiger partial charge on any atom is 0.247 e. The molecule has 3 amide bonds. The van der Waals surface area contributed by atoms with Crippen LogP contribution < -0.4 is 20.1 Å². The van der Waals surface area contributed by atoms with Gasteiger partial charge in [0.15, 0.2) is 0 Å². The largest absolute Gasteiger partial charge is 0.496 e. The zero-order valence-electron chi connectivity index (χ0n) is 23.1. The summed E-state index contributed by atoms with van der Waals surface area (Å²) in [6.07, 6.45) is 4.61. The highest BCUT2D eigenvalue weighted by Crippen LogP contribution is 2.30. The fourth-order valence-electron chi connectivity index (χ4n) is 4.95. The Labute approximate surface area is 220 Å². The molecule has 5 atom stereocenters. The molecule has 204 valence electrons. The first-order chi connectivity index (χ1) is 17.6. The van der Waals surface area contributed by atoms with E-state index >= 15 is 0 Å². The lowest BCUT2D eigenvalue weighted by Gasteiger charge is -2.34. The van der Waals surface area contributed by atoms with Crippen LogP contribution in [0, 0.1) is 11.8 Å². The van der Waals surface area contributed by atoms with Crippen molar-refractivity contribution in [2.75, 3.05) is 27.7 Å². The third-order valence-corrected chi connectivity index (χ3v) is 7.27. The molecule has 9 heteroatoms. The number of likely N-dealkylation sites (tertiary alicyclic amines) is 1. The lowest BCUT2D eigenvalue weighted by molar-refractivity contribution is -0.145. The van der Waals surface area contributed by atoms with Crippen LogP contribution in [0.25, 0.3) is 6.08 Å². The van der Waals surface area contributed by atoms with Crippen molar-refractivity contribution in [2.45, 2.75) is 71.2 Å². The molecule has 2 N–H and O–H groups in total. The van der Waals surface area contributed by atoms with E-state index in [1.54, 1.807) is 36.4 Å². The van der Waals surface area contributed by atoms with Gasteiger partial charge in [0.25, 0.3) is 0 Å². The van der Waals surface area contributed by atoms with Crippen molar-refractivity contribution >= 4 is 23.8 Å². The van der Waals surface area contributed by atoms with E-state index in [0.717, 1.165) is 5.56 Å². The summed E-state index contributed by atoms with van der Waals surface area (Å²) in [6.45, 7) is 8.45. The third kappa shape index (κ3) is 6.63. The second-order valence-corrected chi connectivity index (χ2v) is 10.6. The first-order valence-corrected chi connectivity index (χ1v) is 13.2. The van der Waals surface area contributed by atoms with E-state index in [4.69, 9.17) is 9.47 Å². The molecule has 2 aliphatic rings. The molecule has 1 aromatic carbocycles. The van der Waals surface area contributed by atoms with Gasteiger partial charge in [0, 0.05) is 24.7 Å². The highest BCUT2D eigenvalue weighted by molar-refractivity contribution is 5.94. The van der Waals surface area contributed by atoms with Crippen LogP contribution in [0.5, 0.6) is 11.5 Å². The quantitative estimate of drug-likeness (QED) is 0.580. The van der Waals surface area contributed by atoms with Crippen LogP contribution in [0.3, 0.4) is 0 Å². The van der Waals surface area contributed by atoms with Gasteiger partial charge in [-0.3, -0.25) is 19.3 Å². The van der Waals surface area contributed by atoms with Crippen LogP contribution in [0.1, 0.15) is 52.5 Å². The summed E-state index contributed by atoms with van der Waals surface area (Å²) in [4.78, 5) is 44.3. The van der Waals surface area contributed by atoms with Crippen molar-refractivity contribution in [3.8, 4) is 11.5 Å². The Morgan fingerprint density at radius 1 is 1.22 bits per heavy atom. The SMILES string of the molecule is CC[C@H](C)[C@@H]1NC(=O)[C@H]2[C@@H](CCN2C(=O)[C@H](CC(C)C)N(C)C)Oc2ccc(OC)c(c2)/C=C\NC1=O. The number of nitrogens with one attached hydrogen (secondary N) is 2. The Kier molecular flexibility index (Phi) is 9.59. The molecule has 3 rings (SSSR count). The monoisotopic (exact) mass is 514 g/mol. The van der Waals surface area contributed by atoms with Crippen molar-refractivity contribution in [2.24, 2.45) is 11.8 Å². The molecule has 0 aliphatic carbocycles. The van der Waals surface area contributed by atoms with Crippen LogP contribution in [-0.2, 0) is 14.4 Å². The molecule has 2 bridgehead atoms. The standard InChI is InChI=1S/C28H42N4O5/c1-8-18(4)24-26(33)29-13-11-19-16-20(9-10-22(19)36-7)37-23-12-14-32(25(23)27(34)30-24)28(35)21(31(5)6)15-17(2)3/h9-11,13,16-18,21,23-25H,8,12,14-15H2,1-7H3,(H,29,33)(H,30,34)/b13-11-/t18-,21-,23+,24-,25+/m0/s1. The summed E-state index contributed by atoms with van der Waals surface area (Å²) in [7, 11) is 5.35. The number of amides is 3. The number of fused-ring (bicyclic) bond motifs is 3. The molecular formula is C28H42N4O5. The van der Waals surface area contributed by atoms with Crippen molar-refractivity contribution in [3.05, 3.63) is 30.0 Å². The Morgan fingerprint density at radius 3 is 2.57 bits per heavy atom. The lowest BCUT2D eigenvalue weighted by atomic mass is 9.97. The van der Waals surface area contributed by atoms with E-state index in [1.807, 2.05) is 38.9 Å². The van der Waals surface area contributed by atoms with Crippen LogP contribution in [-0.4, -0.2) is 79.5 Å². The molecule has 0 spiro atoms. The van der Waals surface area contributed by atoms with E-state index in [-0.39, 0.29) is 29.7 Å². The van der Waals surface area contributed by atoms with Crippen molar-refractivity contribution in [3.63, 3.8) is 0 Å². The normalized spacial score (nSPS) is 24.6. The van der Waals surface area contributed by atoms with Crippen LogP contribution >= 0.6 is 0 Å². The lowest BCUT2D eigenvalue weighted by Crippen LogP contribution is -2.59.